The Kier molecular flexibility index (Phi) is 5.70. The zero-order valence-corrected chi connectivity index (χ0v) is 13.4. The Morgan fingerprint density at radius 3 is 2.80 bits per heavy atom. The lowest BCUT2D eigenvalue weighted by Gasteiger charge is -2.28. The molecule has 1 saturated carbocycles. The van der Waals surface area contributed by atoms with Gasteiger partial charge in [0, 0.05) is 33.3 Å². The van der Waals surface area contributed by atoms with Crippen LogP contribution in [0.4, 0.5) is 5.69 Å². The normalized spacial score (nSPS) is 16.2. The average Bonchev–Trinajstić information content (AvgIpc) is 3.27. The van der Waals surface area contributed by atoms with Crippen LogP contribution in [0, 0.1) is 5.92 Å². The van der Waals surface area contributed by atoms with E-state index < -0.39 is 0 Å². The molecule has 1 atom stereocenters. The molecule has 112 valence electrons. The third kappa shape index (κ3) is 4.11. The minimum atomic E-state index is 0.568. The van der Waals surface area contributed by atoms with Crippen LogP contribution >= 0.6 is 11.6 Å². The number of halogens is 1. The largest absolute Gasteiger partial charge is 0.383 e. The fourth-order valence-corrected chi connectivity index (χ4v) is 2.80. The summed E-state index contributed by atoms with van der Waals surface area (Å²) in [6.45, 7) is 4.70. The Morgan fingerprint density at radius 2 is 2.20 bits per heavy atom. The Bertz CT molecular complexity index is 434. The molecule has 0 radical (unpaired) electrons. The predicted molar refractivity (Wildman–Crippen MR) is 85.6 cm³/mol. The highest BCUT2D eigenvalue weighted by atomic mass is 35.5. The fraction of sp³-hybridized carbons (Fsp3) is 0.625. The highest BCUT2D eigenvalue weighted by molar-refractivity contribution is 6.33. The van der Waals surface area contributed by atoms with Gasteiger partial charge in [-0.25, -0.2) is 0 Å². The molecule has 2 rings (SSSR count). The van der Waals surface area contributed by atoms with E-state index in [1.54, 1.807) is 7.11 Å². The SMILES string of the molecule is COCCNCc1ccc(N(C)C(C)C2CC2)c(Cl)c1. The van der Waals surface area contributed by atoms with Crippen molar-refractivity contribution in [2.45, 2.75) is 32.4 Å². The van der Waals surface area contributed by atoms with Crippen LogP contribution in [0.2, 0.25) is 5.02 Å². The predicted octanol–water partition coefficient (Wildman–Crippen LogP) is 3.31. The van der Waals surface area contributed by atoms with Crippen LogP contribution in [0.25, 0.3) is 0 Å². The lowest BCUT2D eigenvalue weighted by Crippen LogP contribution is -2.30. The number of rotatable bonds is 8. The molecule has 20 heavy (non-hydrogen) atoms. The van der Waals surface area contributed by atoms with Gasteiger partial charge < -0.3 is 15.0 Å². The van der Waals surface area contributed by atoms with Gasteiger partial charge in [-0.05, 0) is 43.4 Å². The van der Waals surface area contributed by atoms with Gasteiger partial charge in [-0.1, -0.05) is 17.7 Å². The van der Waals surface area contributed by atoms with Crippen LogP contribution in [-0.4, -0.2) is 33.4 Å². The molecule has 0 aromatic heterocycles. The third-order valence-electron chi connectivity index (χ3n) is 4.12. The van der Waals surface area contributed by atoms with Crippen molar-refractivity contribution in [1.29, 1.82) is 0 Å². The Labute approximate surface area is 127 Å². The van der Waals surface area contributed by atoms with E-state index in [0.717, 1.165) is 36.3 Å². The van der Waals surface area contributed by atoms with Gasteiger partial charge >= 0.3 is 0 Å². The topological polar surface area (TPSA) is 24.5 Å². The number of benzene rings is 1. The van der Waals surface area contributed by atoms with Gasteiger partial charge in [0.1, 0.15) is 0 Å². The van der Waals surface area contributed by atoms with Crippen molar-refractivity contribution in [1.82, 2.24) is 5.32 Å². The summed E-state index contributed by atoms with van der Waals surface area (Å²) in [5, 5.41) is 4.17. The molecule has 0 saturated heterocycles. The first-order chi connectivity index (χ1) is 9.63. The summed E-state index contributed by atoms with van der Waals surface area (Å²) >= 11 is 6.44. The van der Waals surface area contributed by atoms with Crippen molar-refractivity contribution in [3.63, 3.8) is 0 Å². The van der Waals surface area contributed by atoms with E-state index in [2.05, 4.69) is 42.4 Å². The quantitative estimate of drug-likeness (QED) is 0.745. The van der Waals surface area contributed by atoms with Gasteiger partial charge in [0.15, 0.2) is 0 Å². The minimum absolute atomic E-state index is 0.568. The van der Waals surface area contributed by atoms with Crippen molar-refractivity contribution in [2.75, 3.05) is 32.2 Å². The van der Waals surface area contributed by atoms with E-state index >= 15 is 0 Å². The smallest absolute Gasteiger partial charge is 0.0642 e. The van der Waals surface area contributed by atoms with Gasteiger partial charge in [-0.15, -0.1) is 0 Å². The second-order valence-corrected chi connectivity index (χ2v) is 6.05. The Hall–Kier alpha value is -0.770. The van der Waals surface area contributed by atoms with Crippen molar-refractivity contribution >= 4 is 17.3 Å². The molecule has 3 nitrogen and oxygen atoms in total. The molecule has 0 bridgehead atoms. The number of hydrogen-bond donors (Lipinski definition) is 1. The van der Waals surface area contributed by atoms with Crippen LogP contribution in [0.3, 0.4) is 0 Å². The molecule has 0 aliphatic heterocycles. The number of anilines is 1. The van der Waals surface area contributed by atoms with E-state index in [4.69, 9.17) is 16.3 Å². The van der Waals surface area contributed by atoms with Crippen molar-refractivity contribution in [2.24, 2.45) is 5.92 Å². The number of ether oxygens (including phenoxy) is 1. The molecular formula is C16H25ClN2O. The molecule has 0 heterocycles. The molecule has 0 amide bonds. The van der Waals surface area contributed by atoms with Crippen LogP contribution < -0.4 is 10.2 Å². The first-order valence-corrected chi connectivity index (χ1v) is 7.72. The van der Waals surface area contributed by atoms with Gasteiger partial charge in [0.2, 0.25) is 0 Å². The average molecular weight is 297 g/mol. The monoisotopic (exact) mass is 296 g/mol. The fourth-order valence-electron chi connectivity index (χ4n) is 2.47. The second-order valence-electron chi connectivity index (χ2n) is 5.64. The highest BCUT2D eigenvalue weighted by Gasteiger charge is 2.31. The first kappa shape index (κ1) is 15.6. The van der Waals surface area contributed by atoms with Crippen LogP contribution in [0.15, 0.2) is 18.2 Å². The summed E-state index contributed by atoms with van der Waals surface area (Å²) in [6.07, 6.45) is 2.70. The summed E-state index contributed by atoms with van der Waals surface area (Å²) in [7, 11) is 3.85. The number of nitrogens with one attached hydrogen (secondary N) is 1. The first-order valence-electron chi connectivity index (χ1n) is 7.34. The van der Waals surface area contributed by atoms with E-state index in [0.29, 0.717) is 6.04 Å². The summed E-state index contributed by atoms with van der Waals surface area (Å²) in [5.74, 6) is 0.839. The van der Waals surface area contributed by atoms with Crippen LogP contribution in [0.5, 0.6) is 0 Å². The summed E-state index contributed by atoms with van der Waals surface area (Å²) < 4.78 is 5.01. The molecule has 1 aromatic carbocycles. The maximum atomic E-state index is 6.44. The second kappa shape index (κ2) is 7.30. The maximum absolute atomic E-state index is 6.44. The lowest BCUT2D eigenvalue weighted by atomic mass is 10.1. The molecule has 1 aromatic rings. The highest BCUT2D eigenvalue weighted by Crippen LogP contribution is 2.38. The molecule has 4 heteroatoms. The molecule has 1 aliphatic rings. The van der Waals surface area contributed by atoms with Crippen molar-refractivity contribution < 1.29 is 4.74 Å². The van der Waals surface area contributed by atoms with Gasteiger partial charge in [0.05, 0.1) is 17.3 Å². The van der Waals surface area contributed by atoms with Gasteiger partial charge in [-0.3, -0.25) is 0 Å². The molecule has 1 unspecified atom stereocenters. The standard InChI is InChI=1S/C16H25ClN2O/c1-12(14-5-6-14)19(2)16-7-4-13(10-15(16)17)11-18-8-9-20-3/h4,7,10,12,14,18H,5-6,8-9,11H2,1-3H3. The van der Waals surface area contributed by atoms with Crippen LogP contribution in [0.1, 0.15) is 25.3 Å². The number of hydrogen-bond acceptors (Lipinski definition) is 3. The summed E-state index contributed by atoms with van der Waals surface area (Å²) in [6, 6.07) is 6.91. The Morgan fingerprint density at radius 1 is 1.45 bits per heavy atom. The zero-order valence-electron chi connectivity index (χ0n) is 12.7. The lowest BCUT2D eigenvalue weighted by molar-refractivity contribution is 0.199. The minimum Gasteiger partial charge on any atom is -0.383 e. The number of nitrogens with zero attached hydrogens (tertiary/aromatic N) is 1. The molecule has 1 N–H and O–H groups in total. The van der Waals surface area contributed by atoms with Crippen molar-refractivity contribution in [3.8, 4) is 0 Å². The van der Waals surface area contributed by atoms with Crippen LogP contribution in [-0.2, 0) is 11.3 Å². The van der Waals surface area contributed by atoms with E-state index in [9.17, 15) is 0 Å². The maximum Gasteiger partial charge on any atom is 0.0642 e. The molecule has 1 aliphatic carbocycles. The van der Waals surface area contributed by atoms with Gasteiger partial charge in [0.25, 0.3) is 0 Å². The summed E-state index contributed by atoms with van der Waals surface area (Å²) in [4.78, 5) is 2.31. The Balaban J connectivity index is 1.94. The van der Waals surface area contributed by atoms with E-state index in [1.165, 1.54) is 18.4 Å². The summed E-state index contributed by atoms with van der Waals surface area (Å²) in [5.41, 5.74) is 2.34. The zero-order chi connectivity index (χ0) is 14.5. The molecular weight excluding hydrogens is 272 g/mol. The number of methoxy groups -OCH3 is 1. The van der Waals surface area contributed by atoms with E-state index in [1.807, 2.05) is 0 Å². The third-order valence-corrected chi connectivity index (χ3v) is 4.42. The molecule has 1 fully saturated rings. The van der Waals surface area contributed by atoms with Gasteiger partial charge in [-0.2, -0.15) is 0 Å². The van der Waals surface area contributed by atoms with Crippen molar-refractivity contribution in [3.05, 3.63) is 28.8 Å². The molecule has 0 spiro atoms. The van der Waals surface area contributed by atoms with E-state index in [-0.39, 0.29) is 0 Å².